The molecule has 26 heavy (non-hydrogen) atoms. The molecule has 4 unspecified atom stereocenters. The standard InChI is InChI=1S/C16H6Cl6N2O2/c17-10-11(18)15(20)9-8(14(10,19)16(15,21)22)12(25)24(13(9)26)7-3-1-6(5-23)2-4-7/h1-4,8-9H. The maximum atomic E-state index is 13.1. The number of nitriles is 1. The van der Waals surface area contributed by atoms with Crippen LogP contribution in [-0.2, 0) is 9.59 Å². The number of carbonyl (C=O) groups is 2. The van der Waals surface area contributed by atoms with Crippen molar-refractivity contribution in [3.8, 4) is 6.07 Å². The lowest BCUT2D eigenvalue weighted by atomic mass is 9.84. The number of nitrogens with zero attached hydrogens (tertiary/aromatic N) is 2. The number of hydrogen-bond donors (Lipinski definition) is 0. The minimum absolute atomic E-state index is 0.134. The van der Waals surface area contributed by atoms with Gasteiger partial charge in [0.05, 0.1) is 39.2 Å². The summed E-state index contributed by atoms with van der Waals surface area (Å²) in [6.07, 6.45) is 0. The molecule has 1 saturated carbocycles. The molecule has 1 aliphatic heterocycles. The van der Waals surface area contributed by atoms with Crippen LogP contribution < -0.4 is 4.90 Å². The average molecular weight is 471 g/mol. The minimum Gasteiger partial charge on any atom is -0.274 e. The van der Waals surface area contributed by atoms with E-state index in [9.17, 15) is 9.59 Å². The van der Waals surface area contributed by atoms with Gasteiger partial charge >= 0.3 is 0 Å². The van der Waals surface area contributed by atoms with Crippen molar-refractivity contribution in [2.24, 2.45) is 11.8 Å². The first-order valence-electron chi connectivity index (χ1n) is 7.25. The smallest absolute Gasteiger partial charge is 0.240 e. The zero-order valence-corrected chi connectivity index (χ0v) is 17.0. The Kier molecular flexibility index (Phi) is 3.91. The van der Waals surface area contributed by atoms with Gasteiger partial charge in [-0.2, -0.15) is 5.26 Å². The van der Waals surface area contributed by atoms with E-state index in [4.69, 9.17) is 74.9 Å². The van der Waals surface area contributed by atoms with Gasteiger partial charge in [-0.3, -0.25) is 9.59 Å². The van der Waals surface area contributed by atoms with E-state index >= 15 is 0 Å². The average Bonchev–Trinajstić information content (AvgIpc) is 3.00. The molecule has 0 aromatic heterocycles. The van der Waals surface area contributed by atoms with E-state index < -0.39 is 37.7 Å². The number of alkyl halides is 4. The summed E-state index contributed by atoms with van der Waals surface area (Å²) < 4.78 is -1.95. The lowest BCUT2D eigenvalue weighted by Gasteiger charge is -2.34. The molecule has 4 rings (SSSR count). The lowest BCUT2D eigenvalue weighted by Crippen LogP contribution is -2.50. The molecule has 1 saturated heterocycles. The van der Waals surface area contributed by atoms with Gasteiger partial charge in [-0.1, -0.05) is 46.4 Å². The number of fused-ring (bicyclic) bond motifs is 5. The number of rotatable bonds is 1. The van der Waals surface area contributed by atoms with Crippen molar-refractivity contribution in [3.63, 3.8) is 0 Å². The van der Waals surface area contributed by atoms with E-state index in [2.05, 4.69) is 0 Å². The third kappa shape index (κ3) is 1.76. The fraction of sp³-hybridized carbons (Fsp3) is 0.312. The van der Waals surface area contributed by atoms with Gasteiger partial charge in [0.2, 0.25) is 11.8 Å². The summed E-state index contributed by atoms with van der Waals surface area (Å²) in [6, 6.07) is 7.88. The Morgan fingerprint density at radius 1 is 0.885 bits per heavy atom. The van der Waals surface area contributed by atoms with Gasteiger partial charge in [0, 0.05) is 0 Å². The van der Waals surface area contributed by atoms with Gasteiger partial charge in [-0.05, 0) is 24.3 Å². The summed E-state index contributed by atoms with van der Waals surface area (Å²) in [7, 11) is 0. The van der Waals surface area contributed by atoms with E-state index in [1.807, 2.05) is 6.07 Å². The Balaban J connectivity index is 1.88. The Morgan fingerprint density at radius 3 is 1.69 bits per heavy atom. The predicted molar refractivity (Wildman–Crippen MR) is 101 cm³/mol. The van der Waals surface area contributed by atoms with Crippen molar-refractivity contribution in [3.05, 3.63) is 39.9 Å². The fourth-order valence-corrected chi connectivity index (χ4v) is 6.86. The van der Waals surface area contributed by atoms with Crippen LogP contribution in [-0.4, -0.2) is 25.9 Å². The molecule has 2 bridgehead atoms. The van der Waals surface area contributed by atoms with Crippen LogP contribution in [0.4, 0.5) is 5.69 Å². The highest BCUT2D eigenvalue weighted by Crippen LogP contribution is 2.77. The lowest BCUT2D eigenvalue weighted by molar-refractivity contribution is -0.123. The van der Waals surface area contributed by atoms with Gasteiger partial charge in [-0.15, -0.1) is 23.2 Å². The van der Waals surface area contributed by atoms with Crippen molar-refractivity contribution < 1.29 is 9.59 Å². The molecule has 0 radical (unpaired) electrons. The van der Waals surface area contributed by atoms with E-state index in [-0.39, 0.29) is 15.8 Å². The molecule has 1 heterocycles. The third-order valence-corrected chi connectivity index (χ3v) is 9.42. The van der Waals surface area contributed by atoms with Crippen LogP contribution in [0, 0.1) is 23.2 Å². The fourth-order valence-electron chi connectivity index (χ4n) is 3.93. The second kappa shape index (κ2) is 5.44. The van der Waals surface area contributed by atoms with Crippen molar-refractivity contribution in [1.29, 1.82) is 5.26 Å². The number of carbonyl (C=O) groups excluding carboxylic acids is 2. The number of anilines is 1. The maximum Gasteiger partial charge on any atom is 0.240 e. The van der Waals surface area contributed by atoms with Crippen LogP contribution >= 0.6 is 69.6 Å². The Bertz CT molecular complexity index is 906. The highest BCUT2D eigenvalue weighted by atomic mass is 35.5. The van der Waals surface area contributed by atoms with E-state index in [0.29, 0.717) is 5.56 Å². The van der Waals surface area contributed by atoms with Crippen molar-refractivity contribution in [1.82, 2.24) is 0 Å². The molecular weight excluding hydrogens is 465 g/mol. The SMILES string of the molecule is N#Cc1ccc(N2C(=O)C3C(C2=O)C2(Cl)C(Cl)=C(Cl)C3(Cl)C2(Cl)Cl)cc1. The molecule has 3 aliphatic rings. The van der Waals surface area contributed by atoms with Crippen LogP contribution in [0.25, 0.3) is 0 Å². The number of halogens is 6. The van der Waals surface area contributed by atoms with E-state index in [0.717, 1.165) is 4.90 Å². The van der Waals surface area contributed by atoms with Crippen LogP contribution in [0.2, 0.25) is 0 Å². The first-order chi connectivity index (χ1) is 12.0. The monoisotopic (exact) mass is 468 g/mol. The maximum absolute atomic E-state index is 13.1. The predicted octanol–water partition coefficient (Wildman–Crippen LogP) is 4.51. The molecule has 0 N–H and O–H groups in total. The molecule has 1 aromatic rings. The van der Waals surface area contributed by atoms with Crippen LogP contribution in [0.5, 0.6) is 0 Å². The van der Waals surface area contributed by atoms with Crippen LogP contribution in [0.3, 0.4) is 0 Å². The largest absolute Gasteiger partial charge is 0.274 e. The summed E-state index contributed by atoms with van der Waals surface area (Å²) in [4.78, 5) is 23.5. The highest BCUT2D eigenvalue weighted by Gasteiger charge is 2.87. The molecule has 2 fully saturated rings. The summed E-state index contributed by atoms with van der Waals surface area (Å²) >= 11 is 38.5. The molecule has 2 amide bonds. The number of amides is 2. The molecule has 10 heteroatoms. The molecule has 2 aliphatic carbocycles. The molecule has 134 valence electrons. The molecule has 0 spiro atoms. The quantitative estimate of drug-likeness (QED) is 0.448. The van der Waals surface area contributed by atoms with Crippen LogP contribution in [0.15, 0.2) is 34.3 Å². The van der Waals surface area contributed by atoms with Gasteiger partial charge in [0.15, 0.2) is 4.33 Å². The van der Waals surface area contributed by atoms with E-state index in [1.165, 1.54) is 24.3 Å². The second-order valence-electron chi connectivity index (χ2n) is 6.25. The summed E-state index contributed by atoms with van der Waals surface area (Å²) in [5, 5.41) is 8.63. The van der Waals surface area contributed by atoms with Crippen molar-refractivity contribution >= 4 is 87.1 Å². The Morgan fingerprint density at radius 2 is 1.31 bits per heavy atom. The number of imide groups is 1. The second-order valence-corrected chi connectivity index (χ2v) is 9.53. The Labute approximate surface area is 178 Å². The zero-order chi connectivity index (χ0) is 19.2. The van der Waals surface area contributed by atoms with Gasteiger partial charge < -0.3 is 0 Å². The molecule has 1 aromatic carbocycles. The summed E-state index contributed by atoms with van der Waals surface area (Å²) in [5.74, 6) is -3.60. The van der Waals surface area contributed by atoms with Gasteiger partial charge in [-0.25, -0.2) is 4.90 Å². The molecular formula is C16H6Cl6N2O2. The normalized spacial score (nSPS) is 37.3. The van der Waals surface area contributed by atoms with Crippen LogP contribution in [0.1, 0.15) is 5.56 Å². The number of allylic oxidation sites excluding steroid dienone is 2. The summed E-state index contributed by atoms with van der Waals surface area (Å²) in [5.41, 5.74) is 0.652. The van der Waals surface area contributed by atoms with Crippen molar-refractivity contribution in [2.45, 2.75) is 14.1 Å². The zero-order valence-electron chi connectivity index (χ0n) is 12.4. The number of hydrogen-bond acceptors (Lipinski definition) is 3. The highest BCUT2D eigenvalue weighted by molar-refractivity contribution is 6.67. The molecule has 4 atom stereocenters. The third-order valence-electron chi connectivity index (χ3n) is 5.16. The summed E-state index contributed by atoms with van der Waals surface area (Å²) in [6.45, 7) is 0. The van der Waals surface area contributed by atoms with E-state index in [1.54, 1.807) is 0 Å². The number of benzene rings is 1. The topological polar surface area (TPSA) is 61.2 Å². The first-order valence-corrected chi connectivity index (χ1v) is 9.51. The first kappa shape index (κ1) is 18.7. The minimum atomic E-state index is -1.95. The van der Waals surface area contributed by atoms with Gasteiger partial charge in [0.25, 0.3) is 0 Å². The molecule has 4 nitrogen and oxygen atoms in total. The van der Waals surface area contributed by atoms with Gasteiger partial charge in [0.1, 0.15) is 9.75 Å². The Hall–Kier alpha value is -0.670. The van der Waals surface area contributed by atoms with Crippen molar-refractivity contribution in [2.75, 3.05) is 4.90 Å².